The van der Waals surface area contributed by atoms with Gasteiger partial charge in [0.05, 0.1) is 24.1 Å². The number of aliphatic hydroxyl groups excluding tert-OH is 1. The highest BCUT2D eigenvalue weighted by atomic mass is 35.5. The van der Waals surface area contributed by atoms with Gasteiger partial charge in [0, 0.05) is 22.7 Å². The number of Topliss-reactive ketones (excluding diaryl/α,β-unsaturated/α-hetero) is 2. The van der Waals surface area contributed by atoms with Gasteiger partial charge in [-0.2, -0.15) is 0 Å². The maximum Gasteiger partial charge on any atom is 0.413 e. The number of rotatable bonds is 16. The number of carbonyl (C=O) groups excluding carboxylic acids is 5. The Labute approximate surface area is 312 Å². The number of alkyl carbamates (subject to hydrolysis) is 1. The van der Waals surface area contributed by atoms with Gasteiger partial charge in [-0.05, 0) is 79.9 Å². The van der Waals surface area contributed by atoms with E-state index in [4.69, 9.17) is 16.3 Å². The molecule has 2 aromatic rings. The van der Waals surface area contributed by atoms with Gasteiger partial charge >= 0.3 is 6.09 Å². The first-order valence-corrected chi connectivity index (χ1v) is 19.1. The van der Waals surface area contributed by atoms with E-state index in [9.17, 15) is 29.1 Å². The van der Waals surface area contributed by atoms with E-state index in [1.54, 1.807) is 31.2 Å². The third kappa shape index (κ3) is 10.5. The normalized spacial score (nSPS) is 19.7. The molecule has 52 heavy (non-hydrogen) atoms. The van der Waals surface area contributed by atoms with Crippen LogP contribution in [0.25, 0.3) is 0 Å². The van der Waals surface area contributed by atoms with Crippen molar-refractivity contribution < 1.29 is 33.8 Å². The Morgan fingerprint density at radius 3 is 2.10 bits per heavy atom. The van der Waals surface area contributed by atoms with Crippen LogP contribution in [0.1, 0.15) is 125 Å². The molecule has 4 rings (SSSR count). The Morgan fingerprint density at radius 2 is 1.50 bits per heavy atom. The van der Waals surface area contributed by atoms with E-state index < -0.39 is 36.0 Å². The summed E-state index contributed by atoms with van der Waals surface area (Å²) in [5.74, 6) is -2.35. The van der Waals surface area contributed by atoms with Crippen molar-refractivity contribution in [2.75, 3.05) is 6.54 Å². The first-order valence-electron chi connectivity index (χ1n) is 18.8. The minimum absolute atomic E-state index is 0.0902. The van der Waals surface area contributed by atoms with Gasteiger partial charge in [-0.25, -0.2) is 4.79 Å². The lowest BCUT2D eigenvalue weighted by Gasteiger charge is -2.32. The van der Waals surface area contributed by atoms with E-state index in [1.807, 2.05) is 52.0 Å². The Bertz CT molecular complexity index is 1610. The van der Waals surface area contributed by atoms with E-state index in [1.165, 1.54) is 0 Å². The van der Waals surface area contributed by atoms with Crippen LogP contribution in [-0.2, 0) is 14.3 Å². The summed E-state index contributed by atoms with van der Waals surface area (Å²) in [6.07, 6.45) is 3.10. The Balaban J connectivity index is 1.54. The fourth-order valence-electron chi connectivity index (χ4n) is 7.15. The summed E-state index contributed by atoms with van der Waals surface area (Å²) >= 11 is 6.10. The van der Waals surface area contributed by atoms with Gasteiger partial charge in [-0.1, -0.05) is 95.5 Å². The highest BCUT2D eigenvalue weighted by Crippen LogP contribution is 2.42. The number of halogens is 1. The van der Waals surface area contributed by atoms with Crippen LogP contribution in [0.15, 0.2) is 59.9 Å². The van der Waals surface area contributed by atoms with E-state index >= 15 is 0 Å². The first-order chi connectivity index (χ1) is 24.8. The molecular weight excluding hydrogens is 682 g/mol. The third-order valence-corrected chi connectivity index (χ3v) is 10.6. The van der Waals surface area contributed by atoms with Crippen molar-refractivity contribution in [1.29, 1.82) is 0 Å². The molecule has 3 amide bonds. The van der Waals surface area contributed by atoms with E-state index in [-0.39, 0.29) is 64.2 Å². The topological polar surface area (TPSA) is 151 Å². The quantitative estimate of drug-likeness (QED) is 0.132. The van der Waals surface area contributed by atoms with Gasteiger partial charge in [0.1, 0.15) is 6.04 Å². The number of nitrogens with one attached hydrogen (secondary N) is 3. The molecular formula is C41H54ClN3O7. The van der Waals surface area contributed by atoms with Crippen LogP contribution in [-0.4, -0.2) is 59.3 Å². The molecule has 1 saturated carbocycles. The predicted octanol–water partition coefficient (Wildman–Crippen LogP) is 7.29. The van der Waals surface area contributed by atoms with Gasteiger partial charge in [-0.15, -0.1) is 0 Å². The Kier molecular flexibility index (Phi) is 15.0. The Hall–Kier alpha value is -4.02. The molecule has 2 aliphatic carbocycles. The number of amides is 3. The number of hydrogen-bond acceptors (Lipinski definition) is 7. The molecule has 2 aromatic carbocycles. The van der Waals surface area contributed by atoms with Gasteiger partial charge < -0.3 is 25.8 Å². The minimum Gasteiger partial charge on any atom is -0.406 e. The molecule has 0 spiro atoms. The molecule has 0 aliphatic heterocycles. The zero-order valence-corrected chi connectivity index (χ0v) is 31.8. The zero-order valence-electron chi connectivity index (χ0n) is 31.0. The van der Waals surface area contributed by atoms with Crippen molar-refractivity contribution in [3.05, 3.63) is 81.6 Å². The summed E-state index contributed by atoms with van der Waals surface area (Å²) in [5, 5.41) is 20.0. The second kappa shape index (κ2) is 19.2. The molecule has 0 unspecified atom stereocenters. The van der Waals surface area contributed by atoms with Crippen molar-refractivity contribution in [2.24, 2.45) is 17.8 Å². The van der Waals surface area contributed by atoms with Gasteiger partial charge in [0.2, 0.25) is 17.6 Å². The van der Waals surface area contributed by atoms with E-state index in [0.29, 0.717) is 37.3 Å². The van der Waals surface area contributed by atoms with Crippen molar-refractivity contribution >= 4 is 41.1 Å². The fourth-order valence-corrected chi connectivity index (χ4v) is 7.27. The standard InChI is InChI=1S/C41H54ClN3O7/c1-6-8-21-43-34(47)23-33(46)32(22-24(3)4)44-40(50)36(25(5)7-2)45-41(51)52-39-35(37(48)30-11-9-10-12-31(30)38(39)49)28-15-13-26(14-16-28)27-17-19-29(42)20-18-27/h9-12,17-20,24-26,28,32-33,36,46H,6-8,13-16,21-23H2,1-5H3,(H,43,47)(H,44,50)(H,45,51)/t25-,26?,28?,32-,33-,36-/m0/s1. The Morgan fingerprint density at radius 1 is 0.885 bits per heavy atom. The number of benzene rings is 2. The zero-order chi connectivity index (χ0) is 37.9. The summed E-state index contributed by atoms with van der Waals surface area (Å²) in [6.45, 7) is 10.1. The second-order valence-corrected chi connectivity index (χ2v) is 15.1. The van der Waals surface area contributed by atoms with Crippen LogP contribution in [0.5, 0.6) is 0 Å². The summed E-state index contributed by atoms with van der Waals surface area (Å²) in [6, 6.07) is 12.4. The first kappa shape index (κ1) is 40.7. The molecule has 2 aliphatic rings. The predicted molar refractivity (Wildman–Crippen MR) is 201 cm³/mol. The summed E-state index contributed by atoms with van der Waals surface area (Å²) < 4.78 is 5.78. The van der Waals surface area contributed by atoms with Gasteiger partial charge in [0.15, 0.2) is 11.5 Å². The molecule has 0 bridgehead atoms. The molecule has 0 heterocycles. The summed E-state index contributed by atoms with van der Waals surface area (Å²) in [4.78, 5) is 67.8. The van der Waals surface area contributed by atoms with Crippen LogP contribution in [0.4, 0.5) is 4.79 Å². The average molecular weight is 736 g/mol. The monoisotopic (exact) mass is 735 g/mol. The number of allylic oxidation sites excluding steroid dienone is 2. The van der Waals surface area contributed by atoms with Crippen molar-refractivity contribution in [3.8, 4) is 0 Å². The molecule has 11 heteroatoms. The third-order valence-electron chi connectivity index (χ3n) is 10.3. The maximum absolute atomic E-state index is 14.0. The number of aliphatic hydroxyl groups is 1. The fraction of sp³-hybridized carbons (Fsp3) is 0.537. The highest BCUT2D eigenvalue weighted by Gasteiger charge is 2.40. The molecule has 0 saturated heterocycles. The van der Waals surface area contributed by atoms with Crippen molar-refractivity contribution in [2.45, 2.75) is 117 Å². The summed E-state index contributed by atoms with van der Waals surface area (Å²) in [5.41, 5.74) is 1.79. The lowest BCUT2D eigenvalue weighted by molar-refractivity contribution is -0.128. The summed E-state index contributed by atoms with van der Waals surface area (Å²) in [7, 11) is 0. The van der Waals surface area contributed by atoms with Crippen LogP contribution in [0.2, 0.25) is 5.02 Å². The van der Waals surface area contributed by atoms with Crippen LogP contribution in [0, 0.1) is 17.8 Å². The number of ketones is 2. The number of carbonyl (C=O) groups is 5. The van der Waals surface area contributed by atoms with Crippen LogP contribution < -0.4 is 16.0 Å². The molecule has 0 aromatic heterocycles. The lowest BCUT2D eigenvalue weighted by Crippen LogP contribution is -2.55. The largest absolute Gasteiger partial charge is 0.413 e. The lowest BCUT2D eigenvalue weighted by atomic mass is 9.72. The van der Waals surface area contributed by atoms with E-state index in [2.05, 4.69) is 16.0 Å². The number of fused-ring (bicyclic) bond motifs is 1. The minimum atomic E-state index is -1.15. The molecule has 282 valence electrons. The highest BCUT2D eigenvalue weighted by molar-refractivity contribution is 6.30. The molecule has 4 N–H and O–H groups in total. The molecule has 0 radical (unpaired) electrons. The van der Waals surface area contributed by atoms with Crippen molar-refractivity contribution in [3.63, 3.8) is 0 Å². The number of ether oxygens (including phenoxy) is 1. The van der Waals surface area contributed by atoms with Gasteiger partial charge in [-0.3, -0.25) is 19.2 Å². The SMILES string of the molecule is CCCCNC(=O)C[C@H](O)[C@H](CC(C)C)NC(=O)[C@@H](NC(=O)OC1=C(C2CCC(c3ccc(Cl)cc3)CC2)C(=O)c2ccccc2C1=O)[C@@H](C)CC. The van der Waals surface area contributed by atoms with E-state index in [0.717, 1.165) is 31.2 Å². The van der Waals surface area contributed by atoms with Crippen molar-refractivity contribution in [1.82, 2.24) is 16.0 Å². The maximum atomic E-state index is 14.0. The molecule has 1 fully saturated rings. The average Bonchev–Trinajstić information content (AvgIpc) is 3.12. The number of hydrogen-bond donors (Lipinski definition) is 4. The number of unbranched alkanes of at least 4 members (excludes halogenated alkanes) is 1. The molecule has 4 atom stereocenters. The van der Waals surface area contributed by atoms with Gasteiger partial charge in [0.25, 0.3) is 0 Å². The van der Waals surface area contributed by atoms with Crippen LogP contribution >= 0.6 is 11.6 Å². The second-order valence-electron chi connectivity index (χ2n) is 14.7. The molecule has 10 nitrogen and oxygen atoms in total. The smallest absolute Gasteiger partial charge is 0.406 e. The van der Waals surface area contributed by atoms with Crippen LogP contribution in [0.3, 0.4) is 0 Å².